The zero-order valence-electron chi connectivity index (χ0n) is 14.0. The van der Waals surface area contributed by atoms with Crippen LogP contribution in [0, 0.1) is 11.6 Å². The first-order chi connectivity index (χ1) is 12.6. The summed E-state index contributed by atoms with van der Waals surface area (Å²) in [7, 11) is 0. The van der Waals surface area contributed by atoms with Crippen LogP contribution in [0.5, 0.6) is 0 Å². The summed E-state index contributed by atoms with van der Waals surface area (Å²) in [4.78, 5) is 16.7. The van der Waals surface area contributed by atoms with Crippen molar-refractivity contribution in [3.05, 3.63) is 65.7 Å². The fourth-order valence-electron chi connectivity index (χ4n) is 2.62. The molecule has 2 N–H and O–H groups in total. The number of nitrogens with one attached hydrogen (secondary N) is 2. The Bertz CT molecular complexity index is 770. The number of benzene rings is 2. The minimum atomic E-state index is -0.722. The molecule has 136 valence electrons. The molecule has 1 atom stereocenters. The smallest absolute Gasteiger partial charge is 0.257 e. The second-order valence-corrected chi connectivity index (χ2v) is 5.93. The Balaban J connectivity index is 1.76. The molecular weight excluding hydrogens is 340 g/mol. The Labute approximate surface area is 150 Å². The summed E-state index contributed by atoms with van der Waals surface area (Å²) < 4.78 is 32.3. The average Bonchev–Trinajstić information content (AvgIpc) is 3.13. The number of halogens is 2. The molecule has 0 aliphatic carbocycles. The zero-order valence-corrected chi connectivity index (χ0v) is 14.0. The van der Waals surface area contributed by atoms with Gasteiger partial charge in [0.05, 0.1) is 12.6 Å². The van der Waals surface area contributed by atoms with Crippen molar-refractivity contribution in [1.29, 1.82) is 0 Å². The van der Waals surface area contributed by atoms with E-state index < -0.39 is 11.6 Å². The van der Waals surface area contributed by atoms with Gasteiger partial charge in [-0.3, -0.25) is 10.1 Å². The second kappa shape index (κ2) is 8.53. The zero-order chi connectivity index (χ0) is 18.4. The summed E-state index contributed by atoms with van der Waals surface area (Å²) >= 11 is 0. The number of guanidine groups is 1. The van der Waals surface area contributed by atoms with E-state index in [0.29, 0.717) is 18.7 Å². The Morgan fingerprint density at radius 2 is 1.88 bits per heavy atom. The van der Waals surface area contributed by atoms with Crippen LogP contribution in [0.1, 0.15) is 23.2 Å². The molecule has 0 radical (unpaired) electrons. The number of hydrogen-bond donors (Lipinski definition) is 2. The van der Waals surface area contributed by atoms with Crippen LogP contribution in [0.2, 0.25) is 0 Å². The lowest BCUT2D eigenvalue weighted by atomic mass is 10.2. The van der Waals surface area contributed by atoms with Gasteiger partial charge in [0.1, 0.15) is 11.6 Å². The van der Waals surface area contributed by atoms with Gasteiger partial charge in [-0.15, -0.1) is 0 Å². The van der Waals surface area contributed by atoms with Crippen molar-refractivity contribution in [1.82, 2.24) is 5.32 Å². The Morgan fingerprint density at radius 1 is 1.15 bits per heavy atom. The number of hydrogen-bond acceptors (Lipinski definition) is 3. The van der Waals surface area contributed by atoms with Crippen LogP contribution >= 0.6 is 0 Å². The number of nitrogens with zero attached hydrogens (tertiary/aromatic N) is 1. The molecule has 1 aliphatic rings. The van der Waals surface area contributed by atoms with E-state index in [-0.39, 0.29) is 23.7 Å². The average molecular weight is 359 g/mol. The molecule has 3 rings (SSSR count). The second-order valence-electron chi connectivity index (χ2n) is 5.93. The summed E-state index contributed by atoms with van der Waals surface area (Å²) in [6, 6.07) is 11.6. The van der Waals surface area contributed by atoms with Crippen molar-refractivity contribution in [2.24, 2.45) is 4.99 Å². The maximum absolute atomic E-state index is 13.4. The van der Waals surface area contributed by atoms with Crippen molar-refractivity contribution in [2.45, 2.75) is 18.9 Å². The molecule has 5 nitrogen and oxygen atoms in total. The standard InChI is InChI=1S/C19H19F2N3O2/c20-14-9-15(21)11-16(10-14)23-19(22-12-17-7-4-8-26-17)24-18(25)13-5-2-1-3-6-13/h1-3,5-6,9-11,17H,4,7-8,12H2,(H2,22,23,24,25). The topological polar surface area (TPSA) is 62.7 Å². The van der Waals surface area contributed by atoms with Gasteiger partial charge in [-0.2, -0.15) is 0 Å². The van der Waals surface area contributed by atoms with E-state index >= 15 is 0 Å². The largest absolute Gasteiger partial charge is 0.376 e. The Morgan fingerprint density at radius 3 is 2.54 bits per heavy atom. The van der Waals surface area contributed by atoms with E-state index in [1.807, 2.05) is 0 Å². The number of carbonyl (C=O) groups is 1. The van der Waals surface area contributed by atoms with E-state index in [9.17, 15) is 13.6 Å². The molecule has 0 bridgehead atoms. The van der Waals surface area contributed by atoms with Gasteiger partial charge in [-0.05, 0) is 37.1 Å². The maximum Gasteiger partial charge on any atom is 0.257 e. The third-order valence-electron chi connectivity index (χ3n) is 3.87. The van der Waals surface area contributed by atoms with Crippen LogP contribution in [0.3, 0.4) is 0 Å². The molecule has 2 aromatic carbocycles. The highest BCUT2D eigenvalue weighted by atomic mass is 19.1. The van der Waals surface area contributed by atoms with Gasteiger partial charge in [0.2, 0.25) is 5.96 Å². The molecule has 1 aliphatic heterocycles. The number of amides is 1. The molecule has 0 saturated carbocycles. The highest BCUT2D eigenvalue weighted by molar-refractivity contribution is 6.09. The van der Waals surface area contributed by atoms with Crippen molar-refractivity contribution >= 4 is 17.6 Å². The first-order valence-corrected chi connectivity index (χ1v) is 8.36. The van der Waals surface area contributed by atoms with Crippen molar-refractivity contribution in [3.63, 3.8) is 0 Å². The molecule has 1 fully saturated rings. The molecule has 26 heavy (non-hydrogen) atoms. The highest BCUT2D eigenvalue weighted by Crippen LogP contribution is 2.14. The number of carbonyl (C=O) groups excluding carboxylic acids is 1. The number of aliphatic imine (C=N–C) groups is 1. The third-order valence-corrected chi connectivity index (χ3v) is 3.87. The molecule has 1 amide bonds. The molecule has 2 aromatic rings. The fraction of sp³-hybridized carbons (Fsp3) is 0.263. The van der Waals surface area contributed by atoms with E-state index in [2.05, 4.69) is 15.6 Å². The van der Waals surface area contributed by atoms with Gasteiger partial charge in [-0.25, -0.2) is 13.8 Å². The minimum Gasteiger partial charge on any atom is -0.376 e. The van der Waals surface area contributed by atoms with Crippen LogP contribution in [0.15, 0.2) is 53.5 Å². The summed E-state index contributed by atoms with van der Waals surface area (Å²) in [6.07, 6.45) is 1.83. The molecule has 7 heteroatoms. The van der Waals surface area contributed by atoms with Crippen molar-refractivity contribution in [3.8, 4) is 0 Å². The first kappa shape index (κ1) is 18.0. The lowest BCUT2D eigenvalue weighted by molar-refractivity contribution is 0.0975. The Hall–Kier alpha value is -2.80. The molecular formula is C19H19F2N3O2. The molecule has 0 aromatic heterocycles. The van der Waals surface area contributed by atoms with E-state index in [4.69, 9.17) is 4.74 Å². The SMILES string of the molecule is O=C(NC(=NCC1CCCO1)Nc1cc(F)cc(F)c1)c1ccccc1. The number of ether oxygens (including phenoxy) is 1. The molecule has 0 spiro atoms. The van der Waals surface area contributed by atoms with Crippen LogP contribution < -0.4 is 10.6 Å². The molecule has 1 saturated heterocycles. The maximum atomic E-state index is 13.4. The van der Waals surface area contributed by atoms with Gasteiger partial charge < -0.3 is 10.1 Å². The van der Waals surface area contributed by atoms with Gasteiger partial charge >= 0.3 is 0 Å². The van der Waals surface area contributed by atoms with Crippen molar-refractivity contribution < 1.29 is 18.3 Å². The number of rotatable bonds is 4. The highest BCUT2D eigenvalue weighted by Gasteiger charge is 2.16. The fourth-order valence-corrected chi connectivity index (χ4v) is 2.62. The Kier molecular flexibility index (Phi) is 5.91. The van der Waals surface area contributed by atoms with Crippen LogP contribution in [0.4, 0.5) is 14.5 Å². The summed E-state index contributed by atoms with van der Waals surface area (Å²) in [5, 5.41) is 5.41. The van der Waals surface area contributed by atoms with Gasteiger partial charge in [0, 0.05) is 23.9 Å². The van der Waals surface area contributed by atoms with Gasteiger partial charge in [0.25, 0.3) is 5.91 Å². The predicted molar refractivity (Wildman–Crippen MR) is 95.2 cm³/mol. The number of anilines is 1. The lowest BCUT2D eigenvalue weighted by Gasteiger charge is -2.13. The lowest BCUT2D eigenvalue weighted by Crippen LogP contribution is -2.36. The first-order valence-electron chi connectivity index (χ1n) is 8.36. The van der Waals surface area contributed by atoms with Gasteiger partial charge in [-0.1, -0.05) is 18.2 Å². The predicted octanol–water partition coefficient (Wildman–Crippen LogP) is 3.34. The molecule has 1 heterocycles. The normalized spacial score (nSPS) is 17.2. The monoisotopic (exact) mass is 359 g/mol. The third kappa shape index (κ3) is 5.10. The van der Waals surface area contributed by atoms with E-state index in [1.165, 1.54) is 0 Å². The molecule has 1 unspecified atom stereocenters. The minimum absolute atomic E-state index is 0.0235. The van der Waals surface area contributed by atoms with Gasteiger partial charge in [0.15, 0.2) is 0 Å². The summed E-state index contributed by atoms with van der Waals surface area (Å²) in [6.45, 7) is 1.03. The van der Waals surface area contributed by atoms with Crippen LogP contribution in [0.25, 0.3) is 0 Å². The van der Waals surface area contributed by atoms with Crippen LogP contribution in [-0.2, 0) is 4.74 Å². The summed E-state index contributed by atoms with van der Waals surface area (Å²) in [5.74, 6) is -1.71. The van der Waals surface area contributed by atoms with E-state index in [1.54, 1.807) is 30.3 Å². The van der Waals surface area contributed by atoms with E-state index in [0.717, 1.165) is 31.0 Å². The quantitative estimate of drug-likeness (QED) is 0.650. The summed E-state index contributed by atoms with van der Waals surface area (Å²) in [5.41, 5.74) is 0.603. The van der Waals surface area contributed by atoms with Crippen LogP contribution in [-0.4, -0.2) is 31.1 Å². The van der Waals surface area contributed by atoms with Crippen molar-refractivity contribution in [2.75, 3.05) is 18.5 Å².